The summed E-state index contributed by atoms with van der Waals surface area (Å²) in [5.74, 6) is -3.45. The fraction of sp³-hybridized carbons (Fsp3) is 0.500. The third kappa shape index (κ3) is 15.8. The second kappa shape index (κ2) is 7.52. The predicted octanol–water partition coefficient (Wildman–Crippen LogP) is -2.21. The molecule has 6 nitrogen and oxygen atoms in total. The maximum absolute atomic E-state index is 9.86. The number of carbonyl (C=O) groups excluding carboxylic acids is 3. The van der Waals surface area contributed by atoms with E-state index < -0.39 is 11.9 Å². The highest BCUT2D eigenvalue weighted by atomic mass is 16.6. The first-order valence-electron chi connectivity index (χ1n) is 3.06. The van der Waals surface area contributed by atoms with E-state index in [9.17, 15) is 19.5 Å². The number of hydrogen-bond acceptors (Lipinski definition) is 5. The lowest BCUT2D eigenvalue weighted by Crippen LogP contribution is -2.33. The van der Waals surface area contributed by atoms with Crippen molar-refractivity contribution in [3.8, 4) is 0 Å². The summed E-state index contributed by atoms with van der Waals surface area (Å²) in [4.78, 5) is 28.6. The van der Waals surface area contributed by atoms with Crippen LogP contribution in [0.25, 0.3) is 0 Å². The minimum absolute atomic E-state index is 0.0623. The second-order valence-electron chi connectivity index (χ2n) is 1.62. The Labute approximate surface area is 69.3 Å². The Bertz CT molecular complexity index is 173. The summed E-state index contributed by atoms with van der Waals surface area (Å²) in [5.41, 5.74) is 4.47. The van der Waals surface area contributed by atoms with Gasteiger partial charge in [-0.1, -0.05) is 0 Å². The third-order valence-corrected chi connectivity index (χ3v) is 0.442. The molecule has 0 atom stereocenters. The molecular weight excluding hydrogens is 166 g/mol. The molecule has 0 spiro atoms. The Morgan fingerprint density at radius 1 is 1.42 bits per heavy atom. The standard InChI is InChI=1S/C4H6O4.C2H5NO/c1-2-8-4(7)3(5)6;1-2(3)4/h2H2,1H3,(H,5,6);1H3,(H2,3,4)/p-1. The normalized spacial score (nSPS) is 7.50. The van der Waals surface area contributed by atoms with Crippen molar-refractivity contribution in [2.75, 3.05) is 6.61 Å². The van der Waals surface area contributed by atoms with Gasteiger partial charge in [0, 0.05) is 6.92 Å². The molecule has 0 rings (SSSR count). The number of carboxylic acids is 1. The highest BCUT2D eigenvalue weighted by Gasteiger charge is 1.98. The van der Waals surface area contributed by atoms with Gasteiger partial charge in [-0.05, 0) is 6.92 Å². The number of rotatable bonds is 1. The van der Waals surface area contributed by atoms with E-state index in [4.69, 9.17) is 0 Å². The van der Waals surface area contributed by atoms with Gasteiger partial charge in [0.15, 0.2) is 5.97 Å². The maximum atomic E-state index is 9.86. The molecule has 6 heteroatoms. The molecule has 2 N–H and O–H groups in total. The van der Waals surface area contributed by atoms with Gasteiger partial charge in [-0.15, -0.1) is 0 Å². The summed E-state index contributed by atoms with van der Waals surface area (Å²) in [6.07, 6.45) is 0. The van der Waals surface area contributed by atoms with E-state index in [-0.39, 0.29) is 12.5 Å². The molecular formula is C6H10NO5-. The summed E-state index contributed by atoms with van der Waals surface area (Å²) in [6.45, 7) is 2.88. The van der Waals surface area contributed by atoms with Crippen LogP contribution in [-0.2, 0) is 19.1 Å². The molecule has 70 valence electrons. The van der Waals surface area contributed by atoms with Gasteiger partial charge < -0.3 is 20.4 Å². The topological polar surface area (TPSA) is 110 Å². The Balaban J connectivity index is 0. The van der Waals surface area contributed by atoms with Crippen LogP contribution in [0.3, 0.4) is 0 Å². The third-order valence-electron chi connectivity index (χ3n) is 0.442. The Hall–Kier alpha value is -1.59. The van der Waals surface area contributed by atoms with Gasteiger partial charge in [-0.2, -0.15) is 0 Å². The average Bonchev–Trinajstić information content (AvgIpc) is 1.86. The number of hydrogen-bond donors (Lipinski definition) is 1. The van der Waals surface area contributed by atoms with Gasteiger partial charge in [0.2, 0.25) is 5.91 Å². The van der Waals surface area contributed by atoms with E-state index >= 15 is 0 Å². The molecule has 1 amide bonds. The molecule has 0 saturated carbocycles. The van der Waals surface area contributed by atoms with Crippen LogP contribution in [0.2, 0.25) is 0 Å². The first kappa shape index (κ1) is 13.0. The number of esters is 1. The van der Waals surface area contributed by atoms with Crippen molar-refractivity contribution in [3.05, 3.63) is 0 Å². The predicted molar refractivity (Wildman–Crippen MR) is 36.5 cm³/mol. The van der Waals surface area contributed by atoms with Crippen molar-refractivity contribution >= 4 is 17.8 Å². The van der Waals surface area contributed by atoms with Crippen LogP contribution in [0.1, 0.15) is 13.8 Å². The van der Waals surface area contributed by atoms with Gasteiger partial charge in [0.1, 0.15) is 0 Å². The molecule has 0 saturated heterocycles. The van der Waals surface area contributed by atoms with E-state index in [1.165, 1.54) is 13.8 Å². The highest BCUT2D eigenvalue weighted by Crippen LogP contribution is 1.72. The van der Waals surface area contributed by atoms with Gasteiger partial charge in [0.05, 0.1) is 6.61 Å². The molecule has 0 aromatic carbocycles. The molecule has 0 heterocycles. The number of ether oxygens (including phenoxy) is 1. The minimum Gasteiger partial charge on any atom is -0.539 e. The van der Waals surface area contributed by atoms with Crippen LogP contribution in [0, 0.1) is 0 Å². The van der Waals surface area contributed by atoms with Crippen molar-refractivity contribution in [1.82, 2.24) is 0 Å². The molecule has 0 aromatic rings. The van der Waals surface area contributed by atoms with Crippen molar-refractivity contribution < 1.29 is 24.2 Å². The molecule has 0 unspecified atom stereocenters. The fourth-order valence-electron chi connectivity index (χ4n) is 0.190. The Morgan fingerprint density at radius 2 is 1.75 bits per heavy atom. The van der Waals surface area contributed by atoms with Crippen molar-refractivity contribution in [2.45, 2.75) is 13.8 Å². The zero-order valence-electron chi connectivity index (χ0n) is 6.83. The molecule has 0 radical (unpaired) electrons. The number of amides is 1. The molecule has 12 heavy (non-hydrogen) atoms. The summed E-state index contributed by atoms with van der Waals surface area (Å²) in [6, 6.07) is 0. The first-order chi connectivity index (χ1) is 5.41. The molecule has 0 fully saturated rings. The zero-order chi connectivity index (χ0) is 10.1. The lowest BCUT2D eigenvalue weighted by Gasteiger charge is -1.98. The number of aliphatic carboxylic acids is 1. The van der Waals surface area contributed by atoms with E-state index in [1.807, 2.05) is 0 Å². The van der Waals surface area contributed by atoms with Crippen LogP contribution in [0.15, 0.2) is 0 Å². The van der Waals surface area contributed by atoms with Crippen LogP contribution in [-0.4, -0.2) is 24.5 Å². The lowest BCUT2D eigenvalue weighted by atomic mass is 10.7. The average molecular weight is 176 g/mol. The first-order valence-corrected chi connectivity index (χ1v) is 3.06. The minimum atomic E-state index is -1.80. The number of carbonyl (C=O) groups is 3. The summed E-state index contributed by atoms with van der Waals surface area (Å²) < 4.78 is 4.00. The van der Waals surface area contributed by atoms with Crippen molar-refractivity contribution in [2.24, 2.45) is 5.73 Å². The van der Waals surface area contributed by atoms with Gasteiger partial charge in [0.25, 0.3) is 0 Å². The summed E-state index contributed by atoms with van der Waals surface area (Å²) in [5, 5.41) is 9.50. The lowest BCUT2D eigenvalue weighted by molar-refractivity contribution is -0.303. The highest BCUT2D eigenvalue weighted by molar-refractivity contribution is 6.27. The van der Waals surface area contributed by atoms with Gasteiger partial charge >= 0.3 is 5.97 Å². The number of nitrogens with two attached hydrogens (primary N) is 1. The number of primary amides is 1. The van der Waals surface area contributed by atoms with E-state index in [0.717, 1.165) is 0 Å². The second-order valence-corrected chi connectivity index (χ2v) is 1.62. The molecule has 0 aromatic heterocycles. The maximum Gasteiger partial charge on any atom is 0.354 e. The van der Waals surface area contributed by atoms with E-state index in [1.54, 1.807) is 0 Å². The van der Waals surface area contributed by atoms with Crippen LogP contribution < -0.4 is 10.8 Å². The fourth-order valence-corrected chi connectivity index (χ4v) is 0.190. The summed E-state index contributed by atoms with van der Waals surface area (Å²) >= 11 is 0. The quantitative estimate of drug-likeness (QED) is 0.360. The monoisotopic (exact) mass is 176 g/mol. The molecule has 0 bridgehead atoms. The van der Waals surface area contributed by atoms with Crippen molar-refractivity contribution in [1.29, 1.82) is 0 Å². The molecule has 0 aliphatic carbocycles. The van der Waals surface area contributed by atoms with E-state index in [2.05, 4.69) is 10.5 Å². The number of carboxylic acid groups (broad SMARTS) is 1. The summed E-state index contributed by atoms with van der Waals surface area (Å²) in [7, 11) is 0. The SMILES string of the molecule is CC(N)=O.CCOC(=O)C(=O)[O-]. The Morgan fingerprint density at radius 3 is 1.83 bits per heavy atom. The van der Waals surface area contributed by atoms with Crippen molar-refractivity contribution in [3.63, 3.8) is 0 Å². The van der Waals surface area contributed by atoms with Crippen LogP contribution in [0.5, 0.6) is 0 Å². The van der Waals surface area contributed by atoms with Crippen LogP contribution >= 0.6 is 0 Å². The Kier molecular flexibility index (Phi) is 8.16. The largest absolute Gasteiger partial charge is 0.539 e. The molecule has 0 aliphatic rings. The van der Waals surface area contributed by atoms with Crippen LogP contribution in [0.4, 0.5) is 0 Å². The molecule has 0 aliphatic heterocycles. The van der Waals surface area contributed by atoms with Gasteiger partial charge in [-0.3, -0.25) is 4.79 Å². The zero-order valence-corrected chi connectivity index (χ0v) is 6.83. The smallest absolute Gasteiger partial charge is 0.354 e. The van der Waals surface area contributed by atoms with Gasteiger partial charge in [-0.25, -0.2) is 4.79 Å². The van der Waals surface area contributed by atoms with E-state index in [0.29, 0.717) is 0 Å².